The van der Waals surface area contributed by atoms with E-state index in [9.17, 15) is 9.59 Å². The van der Waals surface area contributed by atoms with Crippen LogP contribution in [0.25, 0.3) is 0 Å². The van der Waals surface area contributed by atoms with Crippen LogP contribution in [-0.4, -0.2) is 65.3 Å². The van der Waals surface area contributed by atoms with Gasteiger partial charge in [0.2, 0.25) is 11.8 Å². The molecule has 0 bridgehead atoms. The van der Waals surface area contributed by atoms with Crippen LogP contribution in [0.5, 0.6) is 0 Å². The van der Waals surface area contributed by atoms with Crippen molar-refractivity contribution < 1.29 is 9.59 Å². The predicted molar refractivity (Wildman–Crippen MR) is 95.4 cm³/mol. The summed E-state index contributed by atoms with van der Waals surface area (Å²) in [5.41, 5.74) is 1.09. The number of rotatable bonds is 6. The van der Waals surface area contributed by atoms with E-state index < -0.39 is 0 Å². The Hall–Kier alpha value is -1.88. The highest BCUT2D eigenvalue weighted by Crippen LogP contribution is 2.12. The summed E-state index contributed by atoms with van der Waals surface area (Å²) in [5.74, 6) is -0.133. The number of likely N-dealkylation sites (N-methyl/N-ethyl adjacent to an activating group) is 1. The van der Waals surface area contributed by atoms with E-state index in [0.29, 0.717) is 6.54 Å². The van der Waals surface area contributed by atoms with Gasteiger partial charge < -0.3 is 14.7 Å². The molecular weight excluding hydrogens is 302 g/mol. The Bertz CT molecular complexity index is 537. The maximum absolute atomic E-state index is 12.6. The maximum Gasteiger partial charge on any atom is 0.232 e. The lowest BCUT2D eigenvalue weighted by atomic mass is 10.1. The molecule has 1 aliphatic rings. The van der Waals surface area contributed by atoms with Gasteiger partial charge in [0.25, 0.3) is 0 Å². The maximum atomic E-state index is 12.6. The van der Waals surface area contributed by atoms with Gasteiger partial charge in [0.1, 0.15) is 6.42 Å². The molecule has 0 N–H and O–H groups in total. The topological polar surface area (TPSA) is 43.9 Å². The van der Waals surface area contributed by atoms with Crippen LogP contribution in [0.15, 0.2) is 30.3 Å². The molecule has 1 heterocycles. The van der Waals surface area contributed by atoms with Crippen LogP contribution in [0.3, 0.4) is 0 Å². The molecule has 0 spiro atoms. The Morgan fingerprint density at radius 2 is 1.71 bits per heavy atom. The number of carbonyl (C=O) groups excluding carboxylic acids is 2. The average Bonchev–Trinajstić information content (AvgIpc) is 2.60. The van der Waals surface area contributed by atoms with E-state index in [4.69, 9.17) is 0 Å². The molecule has 24 heavy (non-hydrogen) atoms. The van der Waals surface area contributed by atoms with Gasteiger partial charge in [0, 0.05) is 38.8 Å². The lowest BCUT2D eigenvalue weighted by molar-refractivity contribution is -0.142. The number of hydrogen-bond acceptors (Lipinski definition) is 3. The minimum Gasteiger partial charge on any atom is -0.340 e. The van der Waals surface area contributed by atoms with Crippen LogP contribution in [0.1, 0.15) is 32.8 Å². The molecule has 2 amide bonds. The van der Waals surface area contributed by atoms with Gasteiger partial charge in [-0.2, -0.15) is 0 Å². The van der Waals surface area contributed by atoms with E-state index in [1.54, 1.807) is 4.90 Å². The molecule has 1 aromatic rings. The Morgan fingerprint density at radius 3 is 2.25 bits per heavy atom. The van der Waals surface area contributed by atoms with Crippen molar-refractivity contribution in [2.75, 3.05) is 32.7 Å². The first kappa shape index (κ1) is 18.5. The van der Waals surface area contributed by atoms with Crippen LogP contribution in [-0.2, 0) is 16.1 Å². The van der Waals surface area contributed by atoms with E-state index in [1.807, 2.05) is 49.1 Å². The van der Waals surface area contributed by atoms with Gasteiger partial charge >= 0.3 is 0 Å². The van der Waals surface area contributed by atoms with E-state index >= 15 is 0 Å². The number of nitrogens with zero attached hydrogens (tertiary/aromatic N) is 3. The number of benzene rings is 1. The van der Waals surface area contributed by atoms with Gasteiger partial charge in [-0.3, -0.25) is 9.59 Å². The fraction of sp³-hybridized carbons (Fsp3) is 0.579. The van der Waals surface area contributed by atoms with Crippen molar-refractivity contribution in [1.29, 1.82) is 0 Å². The highest BCUT2D eigenvalue weighted by Gasteiger charge is 2.25. The molecule has 0 radical (unpaired) electrons. The zero-order chi connectivity index (χ0) is 17.5. The summed E-state index contributed by atoms with van der Waals surface area (Å²) in [7, 11) is 0. The molecule has 132 valence electrons. The van der Waals surface area contributed by atoms with Crippen LogP contribution < -0.4 is 0 Å². The molecule has 0 unspecified atom stereocenters. The standard InChI is InChI=1S/C19H29N3O2/c1-4-20-10-12-21(13-11-20)18(23)14-19(24)22(16(2)3)15-17-8-6-5-7-9-17/h5-9,16H,4,10-15H2,1-3H3. The van der Waals surface area contributed by atoms with Crippen molar-refractivity contribution in [3.63, 3.8) is 0 Å². The minimum absolute atomic E-state index is 0.0306. The largest absolute Gasteiger partial charge is 0.340 e. The van der Waals surface area contributed by atoms with E-state index in [-0.39, 0.29) is 24.3 Å². The smallest absolute Gasteiger partial charge is 0.232 e. The summed E-state index contributed by atoms with van der Waals surface area (Å²) in [5, 5.41) is 0. The predicted octanol–water partition coefficient (Wildman–Crippen LogP) is 1.98. The van der Waals surface area contributed by atoms with Crippen molar-refractivity contribution in [1.82, 2.24) is 14.7 Å². The summed E-state index contributed by atoms with van der Waals surface area (Å²) in [4.78, 5) is 31.0. The Labute approximate surface area is 145 Å². The fourth-order valence-electron chi connectivity index (χ4n) is 3.00. The van der Waals surface area contributed by atoms with Gasteiger partial charge in [-0.25, -0.2) is 0 Å². The van der Waals surface area contributed by atoms with Crippen LogP contribution in [0, 0.1) is 0 Å². The summed E-state index contributed by atoms with van der Waals surface area (Å²) < 4.78 is 0. The Kier molecular flexibility index (Phi) is 6.79. The van der Waals surface area contributed by atoms with Crippen molar-refractivity contribution in [2.24, 2.45) is 0 Å². The highest BCUT2D eigenvalue weighted by atomic mass is 16.2. The molecule has 1 fully saturated rings. The average molecular weight is 331 g/mol. The van der Waals surface area contributed by atoms with Crippen LogP contribution in [0.2, 0.25) is 0 Å². The first-order valence-corrected chi connectivity index (χ1v) is 8.84. The third-order valence-electron chi connectivity index (χ3n) is 4.61. The third kappa shape index (κ3) is 5.06. The fourth-order valence-corrected chi connectivity index (χ4v) is 3.00. The molecular formula is C19H29N3O2. The number of hydrogen-bond donors (Lipinski definition) is 0. The number of amides is 2. The first-order chi connectivity index (χ1) is 11.5. The van der Waals surface area contributed by atoms with E-state index in [2.05, 4.69) is 11.8 Å². The quantitative estimate of drug-likeness (QED) is 0.749. The van der Waals surface area contributed by atoms with Gasteiger partial charge in [-0.1, -0.05) is 37.3 Å². The van der Waals surface area contributed by atoms with E-state index in [0.717, 1.165) is 38.3 Å². The third-order valence-corrected chi connectivity index (χ3v) is 4.61. The molecule has 1 saturated heterocycles. The first-order valence-electron chi connectivity index (χ1n) is 8.84. The van der Waals surface area contributed by atoms with Crippen molar-refractivity contribution in [3.8, 4) is 0 Å². The van der Waals surface area contributed by atoms with Crippen LogP contribution in [0.4, 0.5) is 0 Å². The Morgan fingerprint density at radius 1 is 1.08 bits per heavy atom. The van der Waals surface area contributed by atoms with Gasteiger partial charge in [0.15, 0.2) is 0 Å². The SMILES string of the molecule is CCN1CCN(C(=O)CC(=O)N(Cc2ccccc2)C(C)C)CC1. The van der Waals surface area contributed by atoms with Crippen molar-refractivity contribution in [2.45, 2.75) is 39.8 Å². The van der Waals surface area contributed by atoms with E-state index in [1.165, 1.54) is 0 Å². The molecule has 0 aromatic heterocycles. The lowest BCUT2D eigenvalue weighted by Crippen LogP contribution is -2.49. The number of carbonyl (C=O) groups is 2. The zero-order valence-electron chi connectivity index (χ0n) is 15.1. The second-order valence-corrected chi connectivity index (χ2v) is 6.59. The second-order valence-electron chi connectivity index (χ2n) is 6.59. The van der Waals surface area contributed by atoms with Crippen molar-refractivity contribution >= 4 is 11.8 Å². The molecule has 5 heteroatoms. The summed E-state index contributed by atoms with van der Waals surface area (Å²) in [6, 6.07) is 9.99. The van der Waals surface area contributed by atoms with Gasteiger partial charge in [0.05, 0.1) is 0 Å². The second kappa shape index (κ2) is 8.83. The summed E-state index contributed by atoms with van der Waals surface area (Å²) >= 11 is 0. The minimum atomic E-state index is -0.0863. The van der Waals surface area contributed by atoms with Crippen molar-refractivity contribution in [3.05, 3.63) is 35.9 Å². The molecule has 5 nitrogen and oxygen atoms in total. The number of piperazine rings is 1. The summed E-state index contributed by atoms with van der Waals surface area (Å²) in [6.45, 7) is 10.9. The molecule has 0 aliphatic carbocycles. The molecule has 0 atom stereocenters. The molecule has 0 saturated carbocycles. The monoisotopic (exact) mass is 331 g/mol. The Balaban J connectivity index is 1.91. The lowest BCUT2D eigenvalue weighted by Gasteiger charge is -2.34. The van der Waals surface area contributed by atoms with Crippen LogP contribution >= 0.6 is 0 Å². The summed E-state index contributed by atoms with van der Waals surface area (Å²) in [6.07, 6.45) is -0.0306. The highest BCUT2D eigenvalue weighted by molar-refractivity contribution is 5.97. The molecule has 1 aliphatic heterocycles. The zero-order valence-corrected chi connectivity index (χ0v) is 15.1. The molecule has 1 aromatic carbocycles. The molecule has 2 rings (SSSR count). The van der Waals surface area contributed by atoms with Gasteiger partial charge in [-0.05, 0) is 26.0 Å². The van der Waals surface area contributed by atoms with Gasteiger partial charge in [-0.15, -0.1) is 0 Å². The normalized spacial score (nSPS) is 15.6.